The van der Waals surface area contributed by atoms with E-state index >= 15 is 0 Å². The van der Waals surface area contributed by atoms with Crippen molar-refractivity contribution < 1.29 is 13.2 Å². The molecule has 0 saturated carbocycles. The van der Waals surface area contributed by atoms with Crippen molar-refractivity contribution in [3.05, 3.63) is 35.9 Å². The smallest absolute Gasteiger partial charge is 0.211 e. The molecular formula is C21H33N5O3S. The largest absolute Gasteiger partial charge is 0.373 e. The highest BCUT2D eigenvalue weighted by Gasteiger charge is 2.41. The number of benzene rings is 1. The predicted molar refractivity (Wildman–Crippen MR) is 118 cm³/mol. The SMILES string of the molecule is CN=C(NCC1CCN(S(C)(=O)=O)C1)N1CC2OCCN(Cc3ccccc3)C2C1. The van der Waals surface area contributed by atoms with Crippen molar-refractivity contribution in [2.45, 2.75) is 25.1 Å². The van der Waals surface area contributed by atoms with Crippen LogP contribution in [0.25, 0.3) is 0 Å². The fraction of sp³-hybridized carbons (Fsp3) is 0.667. The van der Waals surface area contributed by atoms with Crippen LogP contribution in [0.1, 0.15) is 12.0 Å². The van der Waals surface area contributed by atoms with Crippen LogP contribution in [0, 0.1) is 5.92 Å². The third kappa shape index (κ3) is 4.96. The maximum Gasteiger partial charge on any atom is 0.211 e. The molecule has 4 rings (SSSR count). The van der Waals surface area contributed by atoms with E-state index < -0.39 is 10.0 Å². The van der Waals surface area contributed by atoms with Crippen LogP contribution in [0.5, 0.6) is 0 Å². The standard InChI is InChI=1S/C21H33N5O3S/c1-22-21(23-12-18-8-9-26(14-18)30(2,27)28)25-15-19-20(16-25)29-11-10-24(19)13-17-6-4-3-5-7-17/h3-7,18-20H,8-16H2,1-2H3,(H,22,23). The zero-order chi connectivity index (χ0) is 21.1. The van der Waals surface area contributed by atoms with Crippen LogP contribution in [0.15, 0.2) is 35.3 Å². The van der Waals surface area contributed by atoms with Gasteiger partial charge < -0.3 is 15.0 Å². The second kappa shape index (κ2) is 9.21. The molecule has 3 aliphatic heterocycles. The molecule has 0 aliphatic carbocycles. The second-order valence-electron chi connectivity index (χ2n) is 8.54. The molecule has 3 aliphatic rings. The number of ether oxygens (including phenoxy) is 1. The molecule has 1 aromatic carbocycles. The Morgan fingerprint density at radius 2 is 2.00 bits per heavy atom. The van der Waals surface area contributed by atoms with Crippen LogP contribution < -0.4 is 5.32 Å². The van der Waals surface area contributed by atoms with Crippen LogP contribution in [0.2, 0.25) is 0 Å². The lowest BCUT2D eigenvalue weighted by atomic mass is 10.1. The Balaban J connectivity index is 1.33. The third-order valence-corrected chi connectivity index (χ3v) is 7.69. The van der Waals surface area contributed by atoms with Crippen molar-refractivity contribution in [1.82, 2.24) is 19.4 Å². The molecule has 0 bridgehead atoms. The average Bonchev–Trinajstić information content (AvgIpc) is 3.37. The molecule has 0 aromatic heterocycles. The van der Waals surface area contributed by atoms with E-state index in [-0.39, 0.29) is 6.10 Å². The molecule has 3 atom stereocenters. The van der Waals surface area contributed by atoms with E-state index in [1.165, 1.54) is 11.8 Å². The van der Waals surface area contributed by atoms with E-state index in [1.54, 1.807) is 4.31 Å². The van der Waals surface area contributed by atoms with E-state index in [1.807, 2.05) is 7.05 Å². The number of fused-ring (bicyclic) bond motifs is 1. The molecule has 0 amide bonds. The summed E-state index contributed by atoms with van der Waals surface area (Å²) in [5, 5.41) is 3.48. The molecule has 0 radical (unpaired) electrons. The van der Waals surface area contributed by atoms with Crippen LogP contribution in [-0.2, 0) is 21.3 Å². The first-order valence-electron chi connectivity index (χ1n) is 10.7. The first-order chi connectivity index (χ1) is 14.4. The van der Waals surface area contributed by atoms with Crippen molar-refractivity contribution in [3.63, 3.8) is 0 Å². The molecule has 3 fully saturated rings. The summed E-state index contributed by atoms with van der Waals surface area (Å²) in [6.07, 6.45) is 2.36. The summed E-state index contributed by atoms with van der Waals surface area (Å²) in [6, 6.07) is 10.9. The zero-order valence-electron chi connectivity index (χ0n) is 17.9. The van der Waals surface area contributed by atoms with Gasteiger partial charge in [0.05, 0.1) is 25.0 Å². The number of rotatable bonds is 5. The minimum absolute atomic E-state index is 0.188. The summed E-state index contributed by atoms with van der Waals surface area (Å²) < 4.78 is 31.1. The van der Waals surface area contributed by atoms with Gasteiger partial charge >= 0.3 is 0 Å². The molecule has 9 heteroatoms. The summed E-state index contributed by atoms with van der Waals surface area (Å²) in [5.74, 6) is 1.19. The van der Waals surface area contributed by atoms with Gasteiger partial charge in [-0.15, -0.1) is 0 Å². The predicted octanol–water partition coefficient (Wildman–Crippen LogP) is 0.429. The molecule has 3 unspecified atom stereocenters. The van der Waals surface area contributed by atoms with Crippen molar-refractivity contribution in [2.75, 3.05) is 59.2 Å². The Kier molecular flexibility index (Phi) is 6.62. The van der Waals surface area contributed by atoms with Gasteiger partial charge in [0.25, 0.3) is 0 Å². The second-order valence-corrected chi connectivity index (χ2v) is 10.5. The average molecular weight is 436 g/mol. The number of guanidine groups is 1. The van der Waals surface area contributed by atoms with Crippen molar-refractivity contribution in [2.24, 2.45) is 10.9 Å². The fourth-order valence-electron chi connectivity index (χ4n) is 4.78. The number of likely N-dealkylation sites (tertiary alicyclic amines) is 1. The summed E-state index contributed by atoms with van der Waals surface area (Å²) in [7, 11) is -1.29. The molecular weight excluding hydrogens is 402 g/mol. The maximum absolute atomic E-state index is 11.7. The quantitative estimate of drug-likeness (QED) is 0.534. The first-order valence-corrected chi connectivity index (χ1v) is 12.6. The highest BCUT2D eigenvalue weighted by Crippen LogP contribution is 2.25. The summed E-state index contributed by atoms with van der Waals surface area (Å²) in [4.78, 5) is 9.30. The summed E-state index contributed by atoms with van der Waals surface area (Å²) in [5.41, 5.74) is 1.33. The van der Waals surface area contributed by atoms with Gasteiger partial charge in [0.15, 0.2) is 5.96 Å². The third-order valence-electron chi connectivity index (χ3n) is 6.42. The fourth-order valence-corrected chi connectivity index (χ4v) is 5.70. The Hall–Kier alpha value is -1.68. The minimum Gasteiger partial charge on any atom is -0.373 e. The topological polar surface area (TPSA) is 77.5 Å². The number of hydrogen-bond acceptors (Lipinski definition) is 5. The first kappa shape index (κ1) is 21.5. The Morgan fingerprint density at radius 3 is 2.70 bits per heavy atom. The van der Waals surface area contributed by atoms with Crippen molar-refractivity contribution in [1.29, 1.82) is 0 Å². The number of morpholine rings is 1. The van der Waals surface area contributed by atoms with Crippen LogP contribution in [0.3, 0.4) is 0 Å². The molecule has 3 saturated heterocycles. The summed E-state index contributed by atoms with van der Waals surface area (Å²) in [6.45, 7) is 6.29. The van der Waals surface area contributed by atoms with Crippen LogP contribution in [0.4, 0.5) is 0 Å². The number of hydrogen-bond donors (Lipinski definition) is 1. The highest BCUT2D eigenvalue weighted by atomic mass is 32.2. The number of nitrogens with one attached hydrogen (secondary N) is 1. The number of sulfonamides is 1. The van der Waals surface area contributed by atoms with E-state index in [2.05, 4.69) is 50.4 Å². The van der Waals surface area contributed by atoms with Gasteiger partial charge in [0.2, 0.25) is 10.0 Å². The number of nitrogens with zero attached hydrogens (tertiary/aromatic N) is 4. The van der Waals surface area contributed by atoms with E-state index in [0.29, 0.717) is 25.0 Å². The maximum atomic E-state index is 11.7. The van der Waals surface area contributed by atoms with E-state index in [0.717, 1.165) is 51.7 Å². The molecule has 1 aromatic rings. The van der Waals surface area contributed by atoms with Crippen LogP contribution in [-0.4, -0.2) is 99.8 Å². The lowest BCUT2D eigenvalue weighted by molar-refractivity contribution is -0.0502. The molecule has 8 nitrogen and oxygen atoms in total. The Bertz CT molecular complexity index is 847. The molecule has 166 valence electrons. The zero-order valence-corrected chi connectivity index (χ0v) is 18.7. The van der Waals surface area contributed by atoms with Gasteiger partial charge in [-0.25, -0.2) is 12.7 Å². The van der Waals surface area contributed by atoms with E-state index in [4.69, 9.17) is 4.74 Å². The van der Waals surface area contributed by atoms with Gasteiger partial charge in [0.1, 0.15) is 0 Å². The normalized spacial score (nSPS) is 28.7. The van der Waals surface area contributed by atoms with Gasteiger partial charge in [-0.3, -0.25) is 9.89 Å². The molecule has 1 N–H and O–H groups in total. The van der Waals surface area contributed by atoms with Gasteiger partial charge in [-0.1, -0.05) is 30.3 Å². The molecule has 3 heterocycles. The number of aliphatic imine (C=N–C) groups is 1. The van der Waals surface area contributed by atoms with Crippen LogP contribution >= 0.6 is 0 Å². The Labute approximate surface area is 179 Å². The van der Waals surface area contributed by atoms with Crippen molar-refractivity contribution in [3.8, 4) is 0 Å². The van der Waals surface area contributed by atoms with E-state index in [9.17, 15) is 8.42 Å². The lowest BCUT2D eigenvalue weighted by Gasteiger charge is -2.36. The lowest BCUT2D eigenvalue weighted by Crippen LogP contribution is -2.50. The van der Waals surface area contributed by atoms with Crippen molar-refractivity contribution >= 4 is 16.0 Å². The van der Waals surface area contributed by atoms with Gasteiger partial charge in [-0.2, -0.15) is 0 Å². The minimum atomic E-state index is -3.10. The highest BCUT2D eigenvalue weighted by molar-refractivity contribution is 7.88. The summed E-state index contributed by atoms with van der Waals surface area (Å²) >= 11 is 0. The Morgan fingerprint density at radius 1 is 1.20 bits per heavy atom. The molecule has 0 spiro atoms. The monoisotopic (exact) mass is 435 g/mol. The van der Waals surface area contributed by atoms with Gasteiger partial charge in [-0.05, 0) is 17.9 Å². The molecule has 30 heavy (non-hydrogen) atoms. The van der Waals surface area contributed by atoms with Gasteiger partial charge in [0, 0.05) is 52.9 Å².